The molecule has 0 radical (unpaired) electrons. The van der Waals surface area contributed by atoms with Crippen LogP contribution in [0.25, 0.3) is 12.2 Å². The van der Waals surface area contributed by atoms with Gasteiger partial charge in [-0.25, -0.2) is 0 Å². The third kappa shape index (κ3) is 4.26. The molecule has 2 aliphatic heterocycles. The number of carbonyl (C=O) groups is 1. The van der Waals surface area contributed by atoms with Crippen LogP contribution in [0.3, 0.4) is 0 Å². The molecule has 4 nitrogen and oxygen atoms in total. The van der Waals surface area contributed by atoms with Crippen molar-refractivity contribution in [2.75, 3.05) is 6.54 Å². The molecule has 0 aliphatic carbocycles. The monoisotopic (exact) mass is 429 g/mol. The van der Waals surface area contributed by atoms with Crippen molar-refractivity contribution < 1.29 is 17.9 Å². The molecule has 0 fully saturated rings. The highest BCUT2D eigenvalue weighted by molar-refractivity contribution is 6.58. The molecule has 0 saturated heterocycles. The standard InChI is InChI=1S/C25H22BF2N3O/c1-2-18-29-25(32)17-16-22-13-15-24-19-23-14-12-21(30(23)26(27,28)31(22)24)11-7-6-10-20-8-4-3-5-9-20/h1,3-15,19H,16-18H2,(H,29,32)/b10-6+,11-7+. The van der Waals surface area contributed by atoms with Gasteiger partial charge in [-0.05, 0) is 29.8 Å². The number of hydrogen-bond acceptors (Lipinski definition) is 1. The number of amides is 1. The third-order valence-electron chi connectivity index (χ3n) is 5.39. The van der Waals surface area contributed by atoms with Gasteiger partial charge in [0, 0.05) is 36.4 Å². The Hall–Kier alpha value is -3.92. The summed E-state index contributed by atoms with van der Waals surface area (Å²) >= 11 is 0. The molecule has 2 aromatic rings. The number of rotatable bonds is 7. The Morgan fingerprint density at radius 3 is 2.69 bits per heavy atom. The molecule has 4 rings (SSSR count). The van der Waals surface area contributed by atoms with Crippen molar-refractivity contribution in [2.45, 2.75) is 12.8 Å². The molecule has 0 saturated carbocycles. The maximum Gasteiger partial charge on any atom is 0.737 e. The van der Waals surface area contributed by atoms with Crippen LogP contribution in [0.1, 0.15) is 23.4 Å². The van der Waals surface area contributed by atoms with E-state index in [9.17, 15) is 4.79 Å². The second-order valence-electron chi connectivity index (χ2n) is 7.52. The van der Waals surface area contributed by atoms with E-state index in [1.165, 1.54) is 0 Å². The fourth-order valence-corrected chi connectivity index (χ4v) is 3.93. The van der Waals surface area contributed by atoms with Crippen molar-refractivity contribution in [1.82, 2.24) is 9.79 Å². The molecule has 32 heavy (non-hydrogen) atoms. The first-order chi connectivity index (χ1) is 15.5. The van der Waals surface area contributed by atoms with E-state index in [4.69, 9.17) is 6.42 Å². The summed E-state index contributed by atoms with van der Waals surface area (Å²) in [4.78, 5) is 11.9. The summed E-state index contributed by atoms with van der Waals surface area (Å²) in [6.07, 6.45) is 17.7. The van der Waals surface area contributed by atoms with Crippen molar-refractivity contribution >= 4 is 30.7 Å². The molecule has 3 heterocycles. The molecule has 160 valence electrons. The Balaban J connectivity index is 1.57. The van der Waals surface area contributed by atoms with Gasteiger partial charge in [0.1, 0.15) is 0 Å². The van der Waals surface area contributed by atoms with Gasteiger partial charge in [-0.3, -0.25) is 4.79 Å². The van der Waals surface area contributed by atoms with Gasteiger partial charge >= 0.3 is 6.97 Å². The number of aromatic nitrogens is 1. The zero-order valence-electron chi connectivity index (χ0n) is 17.4. The largest absolute Gasteiger partial charge is 0.737 e. The molecule has 0 unspecified atom stereocenters. The first kappa shape index (κ1) is 21.3. The normalized spacial score (nSPS) is 16.2. The number of nitrogens with one attached hydrogen (secondary N) is 1. The highest BCUT2D eigenvalue weighted by atomic mass is 19.2. The summed E-state index contributed by atoms with van der Waals surface area (Å²) < 4.78 is 33.5. The molecule has 2 aliphatic rings. The minimum atomic E-state index is -4.10. The van der Waals surface area contributed by atoms with Gasteiger partial charge in [0.2, 0.25) is 5.91 Å². The number of terminal acetylenes is 1. The Morgan fingerprint density at radius 1 is 1.12 bits per heavy atom. The fraction of sp³-hybridized carbons (Fsp3) is 0.120. The van der Waals surface area contributed by atoms with Crippen LogP contribution in [0.15, 0.2) is 78.5 Å². The fourth-order valence-electron chi connectivity index (χ4n) is 3.93. The molecular weight excluding hydrogens is 407 g/mol. The van der Waals surface area contributed by atoms with E-state index < -0.39 is 6.97 Å². The van der Waals surface area contributed by atoms with Crippen LogP contribution in [0.4, 0.5) is 8.63 Å². The minimum absolute atomic E-state index is 0.0901. The molecule has 1 aromatic carbocycles. The zero-order chi connectivity index (χ0) is 22.6. The Labute approximate surface area is 186 Å². The predicted molar refractivity (Wildman–Crippen MR) is 125 cm³/mol. The molecule has 0 bridgehead atoms. The Bertz CT molecular complexity index is 1230. The minimum Gasteiger partial charge on any atom is -0.394 e. The summed E-state index contributed by atoms with van der Waals surface area (Å²) in [7, 11) is 0. The van der Waals surface area contributed by atoms with Crippen molar-refractivity contribution in [1.29, 1.82) is 0 Å². The summed E-state index contributed by atoms with van der Waals surface area (Å²) in [5.41, 5.74) is 2.74. The van der Waals surface area contributed by atoms with Crippen LogP contribution in [-0.4, -0.2) is 34.1 Å². The van der Waals surface area contributed by atoms with E-state index in [0.29, 0.717) is 22.8 Å². The summed E-state index contributed by atoms with van der Waals surface area (Å²) in [5.74, 6) is 2.07. The van der Waals surface area contributed by atoms with Crippen LogP contribution in [0.5, 0.6) is 0 Å². The summed E-state index contributed by atoms with van der Waals surface area (Å²) in [5, 5.41) is 2.56. The molecular formula is C25H22BF2N3O. The molecule has 1 N–H and O–H groups in total. The molecule has 0 atom stereocenters. The van der Waals surface area contributed by atoms with E-state index in [1.54, 1.807) is 42.5 Å². The Morgan fingerprint density at radius 2 is 1.91 bits per heavy atom. The summed E-state index contributed by atoms with van der Waals surface area (Å²) in [6.45, 7) is -3.98. The average molecular weight is 429 g/mol. The molecule has 7 heteroatoms. The second-order valence-corrected chi connectivity index (χ2v) is 7.52. The number of fused-ring (bicyclic) bond motifs is 2. The number of halogens is 2. The molecule has 1 aromatic heterocycles. The lowest BCUT2D eigenvalue weighted by atomic mass is 9.90. The van der Waals surface area contributed by atoms with Gasteiger partial charge in [-0.15, -0.1) is 6.42 Å². The van der Waals surface area contributed by atoms with Crippen molar-refractivity contribution in [3.05, 3.63) is 95.5 Å². The quantitative estimate of drug-likeness (QED) is 0.403. The average Bonchev–Trinajstić information content (AvgIpc) is 3.40. The second kappa shape index (κ2) is 9.07. The molecule has 0 spiro atoms. The van der Waals surface area contributed by atoms with Crippen molar-refractivity contribution in [2.24, 2.45) is 0 Å². The topological polar surface area (TPSA) is 37.0 Å². The number of hydrogen-bond donors (Lipinski definition) is 1. The van der Waals surface area contributed by atoms with E-state index >= 15 is 8.63 Å². The van der Waals surface area contributed by atoms with Crippen molar-refractivity contribution in [3.63, 3.8) is 0 Å². The highest BCUT2D eigenvalue weighted by Crippen LogP contribution is 2.33. The lowest BCUT2D eigenvalue weighted by Gasteiger charge is -2.30. The first-order valence-corrected chi connectivity index (χ1v) is 10.4. The SMILES string of the molecule is C#CCNC(=O)CCc1ccc2n1[B-](F)(F)[N+]1=C(/C=C/C=C/c3ccccc3)C=CC1=C2. The van der Waals surface area contributed by atoms with Gasteiger partial charge in [0.05, 0.1) is 6.54 Å². The first-order valence-electron chi connectivity index (χ1n) is 10.4. The van der Waals surface area contributed by atoms with E-state index in [0.717, 1.165) is 14.5 Å². The van der Waals surface area contributed by atoms with Gasteiger partial charge in [0.25, 0.3) is 0 Å². The van der Waals surface area contributed by atoms with Gasteiger partial charge in [-0.1, -0.05) is 54.5 Å². The zero-order valence-corrected chi connectivity index (χ0v) is 17.4. The van der Waals surface area contributed by atoms with E-state index in [-0.39, 0.29) is 25.3 Å². The van der Waals surface area contributed by atoms with Crippen LogP contribution < -0.4 is 5.32 Å². The summed E-state index contributed by atoms with van der Waals surface area (Å²) in [6, 6.07) is 13.1. The van der Waals surface area contributed by atoms with Crippen molar-refractivity contribution in [3.8, 4) is 12.3 Å². The number of carbonyl (C=O) groups excluding carboxylic acids is 1. The van der Waals surface area contributed by atoms with Crippen LogP contribution in [0.2, 0.25) is 0 Å². The lowest BCUT2D eigenvalue weighted by molar-refractivity contribution is -0.360. The smallest absolute Gasteiger partial charge is 0.394 e. The van der Waals surface area contributed by atoms with Gasteiger partial charge in [0.15, 0.2) is 11.4 Å². The Kier molecular flexibility index (Phi) is 6.04. The van der Waals surface area contributed by atoms with Crippen LogP contribution >= 0.6 is 0 Å². The maximum atomic E-state index is 15.7. The number of aryl methyl sites for hydroxylation is 1. The van der Waals surface area contributed by atoms with E-state index in [2.05, 4.69) is 11.2 Å². The van der Waals surface area contributed by atoms with E-state index in [1.807, 2.05) is 42.5 Å². The number of allylic oxidation sites excluding steroid dienone is 5. The van der Waals surface area contributed by atoms with Crippen LogP contribution in [0, 0.1) is 12.3 Å². The maximum absolute atomic E-state index is 15.7. The lowest BCUT2D eigenvalue weighted by Crippen LogP contribution is -2.50. The number of benzene rings is 1. The highest BCUT2D eigenvalue weighted by Gasteiger charge is 2.52. The third-order valence-corrected chi connectivity index (χ3v) is 5.39. The molecule has 1 amide bonds. The number of nitrogens with zero attached hydrogens (tertiary/aromatic N) is 2. The predicted octanol–water partition coefficient (Wildman–Crippen LogP) is 4.04. The van der Waals surface area contributed by atoms with Gasteiger partial charge in [-0.2, -0.15) is 0 Å². The van der Waals surface area contributed by atoms with Crippen LogP contribution in [-0.2, 0) is 11.2 Å². The van der Waals surface area contributed by atoms with Gasteiger partial charge < -0.3 is 22.9 Å².